The number of aromatic nitrogens is 1. The van der Waals surface area contributed by atoms with Crippen LogP contribution in [0.4, 0.5) is 11.4 Å². The molecule has 1 fully saturated rings. The van der Waals surface area contributed by atoms with Crippen molar-refractivity contribution in [2.75, 3.05) is 36.9 Å². The molecular formula is C13H17N3O. The van der Waals surface area contributed by atoms with Gasteiger partial charge >= 0.3 is 0 Å². The predicted molar refractivity (Wildman–Crippen MR) is 70.4 cm³/mol. The Kier molecular flexibility index (Phi) is 2.44. The van der Waals surface area contributed by atoms with Gasteiger partial charge in [-0.15, -0.1) is 0 Å². The number of anilines is 2. The van der Waals surface area contributed by atoms with Gasteiger partial charge in [0.1, 0.15) is 0 Å². The summed E-state index contributed by atoms with van der Waals surface area (Å²) in [6.45, 7) is 3.47. The van der Waals surface area contributed by atoms with Crippen molar-refractivity contribution in [3.05, 3.63) is 24.4 Å². The van der Waals surface area contributed by atoms with Gasteiger partial charge < -0.3 is 19.9 Å². The smallest absolute Gasteiger partial charge is 0.0642 e. The molecule has 2 aromatic rings. The summed E-state index contributed by atoms with van der Waals surface area (Å²) in [6, 6.07) is 6.24. The topological polar surface area (TPSA) is 43.4 Å². The molecule has 1 saturated heterocycles. The van der Waals surface area contributed by atoms with Crippen LogP contribution in [0.3, 0.4) is 0 Å². The molecule has 3 rings (SSSR count). The average Bonchev–Trinajstić information content (AvgIpc) is 2.72. The van der Waals surface area contributed by atoms with Crippen molar-refractivity contribution in [2.24, 2.45) is 7.05 Å². The van der Waals surface area contributed by atoms with Gasteiger partial charge in [-0.2, -0.15) is 0 Å². The van der Waals surface area contributed by atoms with Crippen molar-refractivity contribution in [3.63, 3.8) is 0 Å². The van der Waals surface area contributed by atoms with Crippen LogP contribution in [0, 0.1) is 0 Å². The highest BCUT2D eigenvalue weighted by Gasteiger charge is 2.15. The third-order valence-corrected chi connectivity index (χ3v) is 3.36. The van der Waals surface area contributed by atoms with Crippen LogP contribution in [-0.4, -0.2) is 30.9 Å². The first-order chi connectivity index (χ1) is 8.25. The van der Waals surface area contributed by atoms with Gasteiger partial charge in [-0.1, -0.05) is 0 Å². The van der Waals surface area contributed by atoms with E-state index in [1.165, 1.54) is 16.6 Å². The minimum atomic E-state index is 0.795. The molecule has 17 heavy (non-hydrogen) atoms. The molecule has 1 aromatic heterocycles. The predicted octanol–water partition coefficient (Wildman–Crippen LogP) is 1.60. The van der Waals surface area contributed by atoms with Crippen LogP contribution in [0.25, 0.3) is 10.9 Å². The fraction of sp³-hybridized carbons (Fsp3) is 0.385. The first-order valence-electron chi connectivity index (χ1n) is 5.93. The van der Waals surface area contributed by atoms with Gasteiger partial charge in [-0.3, -0.25) is 0 Å². The number of benzene rings is 1. The van der Waals surface area contributed by atoms with E-state index in [-0.39, 0.29) is 0 Å². The summed E-state index contributed by atoms with van der Waals surface area (Å²) in [4.78, 5) is 2.35. The summed E-state index contributed by atoms with van der Waals surface area (Å²) >= 11 is 0. The van der Waals surface area contributed by atoms with Crippen molar-refractivity contribution in [1.29, 1.82) is 0 Å². The minimum absolute atomic E-state index is 0.795. The number of nitrogens with zero attached hydrogens (tertiary/aromatic N) is 2. The van der Waals surface area contributed by atoms with Gasteiger partial charge in [-0.25, -0.2) is 0 Å². The zero-order valence-electron chi connectivity index (χ0n) is 10.0. The third-order valence-electron chi connectivity index (χ3n) is 3.36. The Morgan fingerprint density at radius 1 is 1.24 bits per heavy atom. The maximum absolute atomic E-state index is 5.99. The zero-order valence-corrected chi connectivity index (χ0v) is 10.0. The fourth-order valence-electron chi connectivity index (χ4n) is 2.44. The molecule has 0 saturated carbocycles. The van der Waals surface area contributed by atoms with E-state index in [2.05, 4.69) is 27.8 Å². The highest BCUT2D eigenvalue weighted by atomic mass is 16.5. The van der Waals surface area contributed by atoms with Crippen molar-refractivity contribution in [2.45, 2.75) is 0 Å². The van der Waals surface area contributed by atoms with Crippen molar-refractivity contribution >= 4 is 22.3 Å². The number of hydrogen-bond donors (Lipinski definition) is 1. The van der Waals surface area contributed by atoms with Crippen LogP contribution >= 0.6 is 0 Å². The second-order valence-corrected chi connectivity index (χ2v) is 4.50. The quantitative estimate of drug-likeness (QED) is 0.758. The Hall–Kier alpha value is -1.68. The van der Waals surface area contributed by atoms with Crippen molar-refractivity contribution in [3.8, 4) is 0 Å². The van der Waals surface area contributed by atoms with E-state index < -0.39 is 0 Å². The monoisotopic (exact) mass is 231 g/mol. The standard InChI is InChI=1S/C13H17N3O/c1-15-3-2-11-12(15)8-10(14)9-13(11)16-4-6-17-7-5-16/h2-3,8-9H,4-7,14H2,1H3. The van der Waals surface area contributed by atoms with Gasteiger partial charge in [0.25, 0.3) is 0 Å². The van der Waals surface area contributed by atoms with Gasteiger partial charge in [-0.05, 0) is 18.2 Å². The van der Waals surface area contributed by atoms with E-state index in [0.717, 1.165) is 32.0 Å². The lowest BCUT2D eigenvalue weighted by atomic mass is 10.1. The Morgan fingerprint density at radius 2 is 2.00 bits per heavy atom. The molecule has 1 aliphatic heterocycles. The van der Waals surface area contributed by atoms with E-state index >= 15 is 0 Å². The van der Waals surface area contributed by atoms with Gasteiger partial charge in [0.2, 0.25) is 0 Å². The molecule has 90 valence electrons. The van der Waals surface area contributed by atoms with Crippen molar-refractivity contribution in [1.82, 2.24) is 4.57 Å². The summed E-state index contributed by atoms with van der Waals surface area (Å²) in [5.41, 5.74) is 9.22. The molecule has 0 aliphatic carbocycles. The lowest BCUT2D eigenvalue weighted by Gasteiger charge is -2.29. The number of rotatable bonds is 1. The molecule has 0 amide bonds. The number of morpholine rings is 1. The summed E-state index contributed by atoms with van der Waals surface area (Å²) in [6.07, 6.45) is 2.08. The Morgan fingerprint density at radius 3 is 2.76 bits per heavy atom. The lowest BCUT2D eigenvalue weighted by molar-refractivity contribution is 0.123. The van der Waals surface area contributed by atoms with Gasteiger partial charge in [0, 0.05) is 43.1 Å². The molecule has 1 aromatic carbocycles. The van der Waals surface area contributed by atoms with E-state index in [1.807, 2.05) is 13.1 Å². The highest BCUT2D eigenvalue weighted by Crippen LogP contribution is 2.30. The molecule has 4 heteroatoms. The summed E-state index contributed by atoms with van der Waals surface area (Å²) in [7, 11) is 2.05. The van der Waals surface area contributed by atoms with E-state index in [1.54, 1.807) is 0 Å². The van der Waals surface area contributed by atoms with Crippen LogP contribution in [-0.2, 0) is 11.8 Å². The van der Waals surface area contributed by atoms with Crippen LogP contribution in [0.1, 0.15) is 0 Å². The van der Waals surface area contributed by atoms with Gasteiger partial charge in [0.15, 0.2) is 0 Å². The second-order valence-electron chi connectivity index (χ2n) is 4.50. The minimum Gasteiger partial charge on any atom is -0.399 e. The van der Waals surface area contributed by atoms with E-state index in [9.17, 15) is 0 Å². The van der Waals surface area contributed by atoms with Gasteiger partial charge in [0.05, 0.1) is 18.7 Å². The molecule has 0 radical (unpaired) electrons. The number of aryl methyl sites for hydroxylation is 1. The van der Waals surface area contributed by atoms with Crippen LogP contribution in [0.5, 0.6) is 0 Å². The zero-order chi connectivity index (χ0) is 11.8. The fourth-order valence-corrected chi connectivity index (χ4v) is 2.44. The van der Waals surface area contributed by atoms with E-state index in [0.29, 0.717) is 0 Å². The molecular weight excluding hydrogens is 214 g/mol. The summed E-state index contributed by atoms with van der Waals surface area (Å²) < 4.78 is 7.50. The lowest BCUT2D eigenvalue weighted by Crippen LogP contribution is -2.36. The number of hydrogen-bond acceptors (Lipinski definition) is 3. The van der Waals surface area contributed by atoms with Crippen LogP contribution in [0.15, 0.2) is 24.4 Å². The average molecular weight is 231 g/mol. The third kappa shape index (κ3) is 1.74. The molecule has 0 bridgehead atoms. The Balaban J connectivity index is 2.13. The summed E-state index contributed by atoms with van der Waals surface area (Å²) in [5.74, 6) is 0. The highest BCUT2D eigenvalue weighted by molar-refractivity contribution is 5.95. The number of fused-ring (bicyclic) bond motifs is 1. The molecule has 0 atom stereocenters. The normalized spacial score (nSPS) is 16.6. The SMILES string of the molecule is Cn1ccc2c(N3CCOCC3)cc(N)cc21. The number of nitrogen functional groups attached to an aromatic ring is 1. The van der Waals surface area contributed by atoms with Crippen molar-refractivity contribution < 1.29 is 4.74 Å². The maximum atomic E-state index is 5.99. The molecule has 1 aliphatic rings. The first kappa shape index (κ1) is 10.5. The molecule has 4 nitrogen and oxygen atoms in total. The largest absolute Gasteiger partial charge is 0.399 e. The first-order valence-corrected chi connectivity index (χ1v) is 5.93. The molecule has 2 heterocycles. The van der Waals surface area contributed by atoms with Crippen LogP contribution < -0.4 is 10.6 Å². The second kappa shape index (κ2) is 3.96. The summed E-state index contributed by atoms with van der Waals surface area (Å²) in [5, 5.41) is 1.27. The molecule has 0 unspecified atom stereocenters. The Bertz CT molecular complexity index is 541. The number of nitrogens with two attached hydrogens (primary N) is 1. The molecule has 2 N–H and O–H groups in total. The maximum Gasteiger partial charge on any atom is 0.0642 e. The van der Waals surface area contributed by atoms with E-state index in [4.69, 9.17) is 10.5 Å². The van der Waals surface area contributed by atoms with Crippen LogP contribution in [0.2, 0.25) is 0 Å². The molecule has 0 spiro atoms. The Labute approximate surface area is 101 Å². The number of ether oxygens (including phenoxy) is 1.